The molecule has 0 aliphatic rings. The summed E-state index contributed by atoms with van der Waals surface area (Å²) in [6, 6.07) is 5.92. The molecule has 1 aromatic carbocycles. The zero-order valence-electron chi connectivity index (χ0n) is 11.8. The number of amides is 1. The average Bonchev–Trinajstić information content (AvgIpc) is 2.33. The molecule has 1 amide bonds. The minimum Gasteiger partial charge on any atom is -0.478 e. The maximum atomic E-state index is 12.1. The van der Waals surface area contributed by atoms with Crippen LogP contribution in [0.15, 0.2) is 24.3 Å². The van der Waals surface area contributed by atoms with Gasteiger partial charge in [-0.05, 0) is 39.0 Å². The highest BCUT2D eigenvalue weighted by Gasteiger charge is 2.23. The fraction of sp³-hybridized carbons (Fsp3) is 0.429. The van der Waals surface area contributed by atoms with Crippen LogP contribution in [0.25, 0.3) is 0 Å². The molecule has 1 rings (SSSR count). The Kier molecular flexibility index (Phi) is 5.10. The van der Waals surface area contributed by atoms with Crippen LogP contribution in [0.5, 0.6) is 0 Å². The van der Waals surface area contributed by atoms with Crippen molar-refractivity contribution in [3.05, 3.63) is 29.8 Å². The second-order valence-electron chi connectivity index (χ2n) is 5.21. The van der Waals surface area contributed by atoms with Crippen molar-refractivity contribution in [2.45, 2.75) is 26.4 Å². The van der Waals surface area contributed by atoms with E-state index in [9.17, 15) is 9.59 Å². The van der Waals surface area contributed by atoms with Gasteiger partial charge in [0.05, 0.1) is 18.7 Å². The molecule has 6 nitrogen and oxygen atoms in total. The average molecular weight is 281 g/mol. The molecule has 0 aromatic heterocycles. The van der Waals surface area contributed by atoms with Crippen LogP contribution in [-0.2, 0) is 4.74 Å². The van der Waals surface area contributed by atoms with Crippen LogP contribution in [0.2, 0.25) is 0 Å². The summed E-state index contributed by atoms with van der Waals surface area (Å²) in [5.74, 6) is -1.08. The minimum absolute atomic E-state index is 0.0258. The van der Waals surface area contributed by atoms with Crippen molar-refractivity contribution in [3.8, 4) is 0 Å². The molecule has 0 atom stereocenters. The van der Waals surface area contributed by atoms with Gasteiger partial charge < -0.3 is 14.9 Å². The number of hydrogen-bond acceptors (Lipinski definition) is 4. The summed E-state index contributed by atoms with van der Waals surface area (Å²) in [5, 5.41) is 18.0. The number of carboxylic acids is 1. The highest BCUT2D eigenvalue weighted by molar-refractivity contribution is 5.92. The smallest absolute Gasteiger partial charge is 0.414 e. The summed E-state index contributed by atoms with van der Waals surface area (Å²) in [6.07, 6.45) is -0.630. The second-order valence-corrected chi connectivity index (χ2v) is 5.21. The summed E-state index contributed by atoms with van der Waals surface area (Å²) in [7, 11) is 0. The van der Waals surface area contributed by atoms with E-state index >= 15 is 0 Å². The summed E-state index contributed by atoms with van der Waals surface area (Å²) < 4.78 is 5.24. The van der Waals surface area contributed by atoms with E-state index in [-0.39, 0.29) is 18.7 Å². The van der Waals surface area contributed by atoms with Gasteiger partial charge in [0.15, 0.2) is 0 Å². The Bertz CT molecular complexity index is 493. The van der Waals surface area contributed by atoms with Crippen molar-refractivity contribution in [2.24, 2.45) is 0 Å². The first-order chi connectivity index (χ1) is 9.24. The SMILES string of the molecule is CC(C)(C)OC(=O)N(CCO)c1cccc(C(=O)O)c1. The van der Waals surface area contributed by atoms with Crippen LogP contribution in [0.3, 0.4) is 0 Å². The predicted octanol–water partition coefficient (Wildman–Crippen LogP) is 2.12. The summed E-state index contributed by atoms with van der Waals surface area (Å²) in [6.45, 7) is 4.97. The minimum atomic E-state index is -1.08. The lowest BCUT2D eigenvalue weighted by Gasteiger charge is -2.27. The number of aromatic carboxylic acids is 1. The van der Waals surface area contributed by atoms with Crippen molar-refractivity contribution in [3.63, 3.8) is 0 Å². The number of anilines is 1. The maximum Gasteiger partial charge on any atom is 0.414 e. The Hall–Kier alpha value is -2.08. The van der Waals surface area contributed by atoms with E-state index in [0.717, 1.165) is 0 Å². The number of aliphatic hydroxyl groups excluding tert-OH is 1. The molecule has 0 bridgehead atoms. The Labute approximate surface area is 117 Å². The number of hydrogen-bond donors (Lipinski definition) is 2. The van der Waals surface area contributed by atoms with Crippen LogP contribution in [0.1, 0.15) is 31.1 Å². The van der Waals surface area contributed by atoms with Crippen molar-refractivity contribution >= 4 is 17.7 Å². The third kappa shape index (κ3) is 4.55. The monoisotopic (exact) mass is 281 g/mol. The summed E-state index contributed by atoms with van der Waals surface area (Å²) in [5.41, 5.74) is -0.239. The van der Waals surface area contributed by atoms with Gasteiger partial charge >= 0.3 is 12.1 Å². The molecule has 0 saturated heterocycles. The van der Waals surface area contributed by atoms with Gasteiger partial charge in [-0.1, -0.05) is 6.07 Å². The first-order valence-electron chi connectivity index (χ1n) is 6.19. The lowest BCUT2D eigenvalue weighted by molar-refractivity contribution is 0.0571. The van der Waals surface area contributed by atoms with Gasteiger partial charge in [-0.25, -0.2) is 9.59 Å². The van der Waals surface area contributed by atoms with Gasteiger partial charge in [-0.3, -0.25) is 4.90 Å². The van der Waals surface area contributed by atoms with Crippen LogP contribution in [-0.4, -0.2) is 41.0 Å². The molecule has 0 aliphatic carbocycles. The third-order valence-electron chi connectivity index (χ3n) is 2.34. The molecule has 20 heavy (non-hydrogen) atoms. The zero-order chi connectivity index (χ0) is 15.3. The predicted molar refractivity (Wildman–Crippen MR) is 74.1 cm³/mol. The fourth-order valence-electron chi connectivity index (χ4n) is 1.55. The van der Waals surface area contributed by atoms with Crippen LogP contribution in [0, 0.1) is 0 Å². The molecule has 0 unspecified atom stereocenters. The zero-order valence-corrected chi connectivity index (χ0v) is 11.8. The molecule has 0 heterocycles. The molecule has 2 N–H and O–H groups in total. The number of carboxylic acid groups (broad SMARTS) is 1. The van der Waals surface area contributed by atoms with Gasteiger partial charge in [0.2, 0.25) is 0 Å². The molecule has 0 saturated carbocycles. The highest BCUT2D eigenvalue weighted by atomic mass is 16.6. The van der Waals surface area contributed by atoms with Gasteiger partial charge in [0.1, 0.15) is 5.60 Å². The Morgan fingerprint density at radius 2 is 1.95 bits per heavy atom. The van der Waals surface area contributed by atoms with Crippen LogP contribution in [0.4, 0.5) is 10.5 Å². The number of carbonyl (C=O) groups excluding carboxylic acids is 1. The standard InChI is InChI=1S/C14H19NO5/c1-14(2,3)20-13(19)15(7-8-16)11-6-4-5-10(9-11)12(17)18/h4-6,9,16H,7-8H2,1-3H3,(H,17,18). The van der Waals surface area contributed by atoms with Gasteiger partial charge in [0, 0.05) is 5.69 Å². The normalized spacial score (nSPS) is 11.0. The molecular formula is C14H19NO5. The van der Waals surface area contributed by atoms with Gasteiger partial charge in [-0.2, -0.15) is 0 Å². The fourth-order valence-corrected chi connectivity index (χ4v) is 1.55. The van der Waals surface area contributed by atoms with E-state index in [1.165, 1.54) is 23.1 Å². The lowest BCUT2D eigenvalue weighted by atomic mass is 10.2. The molecule has 110 valence electrons. The second kappa shape index (κ2) is 6.38. The molecule has 0 aliphatic heterocycles. The number of aliphatic hydroxyl groups is 1. The number of ether oxygens (including phenoxy) is 1. The van der Waals surface area contributed by atoms with Crippen LogP contribution >= 0.6 is 0 Å². The summed E-state index contributed by atoms with van der Waals surface area (Å²) in [4.78, 5) is 24.2. The lowest BCUT2D eigenvalue weighted by Crippen LogP contribution is -2.38. The Morgan fingerprint density at radius 1 is 1.30 bits per heavy atom. The number of benzene rings is 1. The first-order valence-corrected chi connectivity index (χ1v) is 6.19. The van der Waals surface area contributed by atoms with Crippen molar-refractivity contribution in [1.29, 1.82) is 0 Å². The van der Waals surface area contributed by atoms with E-state index < -0.39 is 17.7 Å². The van der Waals surface area contributed by atoms with Crippen molar-refractivity contribution < 1.29 is 24.5 Å². The van der Waals surface area contributed by atoms with E-state index in [1.54, 1.807) is 26.8 Å². The van der Waals surface area contributed by atoms with Gasteiger partial charge in [-0.15, -0.1) is 0 Å². The quantitative estimate of drug-likeness (QED) is 0.882. The molecule has 0 radical (unpaired) electrons. The van der Waals surface area contributed by atoms with E-state index in [1.807, 2.05) is 0 Å². The topological polar surface area (TPSA) is 87.1 Å². The van der Waals surface area contributed by atoms with E-state index in [2.05, 4.69) is 0 Å². The van der Waals surface area contributed by atoms with E-state index in [0.29, 0.717) is 5.69 Å². The van der Waals surface area contributed by atoms with Crippen LogP contribution < -0.4 is 4.90 Å². The molecule has 1 aromatic rings. The Morgan fingerprint density at radius 3 is 2.45 bits per heavy atom. The van der Waals surface area contributed by atoms with Crippen molar-refractivity contribution in [1.82, 2.24) is 0 Å². The number of nitrogens with zero attached hydrogens (tertiary/aromatic N) is 1. The Balaban J connectivity index is 3.04. The molecule has 0 fully saturated rings. The third-order valence-corrected chi connectivity index (χ3v) is 2.34. The van der Waals surface area contributed by atoms with Crippen molar-refractivity contribution in [2.75, 3.05) is 18.1 Å². The largest absolute Gasteiger partial charge is 0.478 e. The molecule has 0 spiro atoms. The number of rotatable bonds is 4. The van der Waals surface area contributed by atoms with Gasteiger partial charge in [0.25, 0.3) is 0 Å². The summed E-state index contributed by atoms with van der Waals surface area (Å²) >= 11 is 0. The molecule has 6 heteroatoms. The number of carbonyl (C=O) groups is 2. The highest BCUT2D eigenvalue weighted by Crippen LogP contribution is 2.19. The van der Waals surface area contributed by atoms with E-state index in [4.69, 9.17) is 14.9 Å². The molecular weight excluding hydrogens is 262 g/mol. The first kappa shape index (κ1) is 16.0. The maximum absolute atomic E-state index is 12.1.